The third-order valence-electron chi connectivity index (χ3n) is 2.20. The van der Waals surface area contributed by atoms with Crippen LogP contribution in [0, 0.1) is 13.8 Å². The third-order valence-corrected chi connectivity index (χ3v) is 2.20. The zero-order valence-electron chi connectivity index (χ0n) is 9.42. The molecule has 0 unspecified atom stereocenters. The average molecular weight is 211 g/mol. The minimum Gasteiger partial charge on any atom is -0.469 e. The molecule has 15 heavy (non-hydrogen) atoms. The Hall–Kier alpha value is -1.29. The Kier molecular flexibility index (Phi) is 4.37. The molecule has 1 heterocycles. The van der Waals surface area contributed by atoms with E-state index in [0.29, 0.717) is 24.5 Å². The minimum atomic E-state index is -0.0742. The van der Waals surface area contributed by atoms with E-state index in [1.165, 1.54) is 0 Å². The van der Waals surface area contributed by atoms with Gasteiger partial charge in [-0.25, -0.2) is 0 Å². The molecule has 0 saturated carbocycles. The smallest absolute Gasteiger partial charge is 0.255 e. The molecule has 4 nitrogen and oxygen atoms in total. The van der Waals surface area contributed by atoms with Gasteiger partial charge >= 0.3 is 0 Å². The molecule has 1 aromatic heterocycles. The summed E-state index contributed by atoms with van der Waals surface area (Å²) in [5, 5.41) is 2.82. The van der Waals surface area contributed by atoms with E-state index in [0.717, 1.165) is 12.0 Å². The summed E-state index contributed by atoms with van der Waals surface area (Å²) in [4.78, 5) is 11.7. The van der Waals surface area contributed by atoms with Crippen molar-refractivity contribution in [1.82, 2.24) is 5.32 Å². The van der Waals surface area contributed by atoms with Crippen molar-refractivity contribution in [2.45, 2.75) is 20.3 Å². The lowest BCUT2D eigenvalue weighted by atomic mass is 10.1. The molecule has 1 aromatic rings. The summed E-state index contributed by atoms with van der Waals surface area (Å²) in [6, 6.07) is 0. The summed E-state index contributed by atoms with van der Waals surface area (Å²) in [7, 11) is 1.65. The van der Waals surface area contributed by atoms with Crippen molar-refractivity contribution >= 4 is 5.91 Å². The molecule has 0 aromatic carbocycles. The SMILES string of the molecule is COCCCNC(=O)c1c(C)coc1C. The number of ether oxygens (including phenoxy) is 1. The van der Waals surface area contributed by atoms with E-state index in [2.05, 4.69) is 5.32 Å². The third kappa shape index (κ3) is 3.09. The molecule has 0 spiro atoms. The lowest BCUT2D eigenvalue weighted by Crippen LogP contribution is -2.25. The first-order valence-electron chi connectivity index (χ1n) is 4.98. The highest BCUT2D eigenvalue weighted by Gasteiger charge is 2.14. The fourth-order valence-electron chi connectivity index (χ4n) is 1.42. The number of hydrogen-bond acceptors (Lipinski definition) is 3. The predicted molar refractivity (Wildman–Crippen MR) is 57.0 cm³/mol. The number of aryl methyl sites for hydroxylation is 2. The van der Waals surface area contributed by atoms with Crippen molar-refractivity contribution in [3.05, 3.63) is 23.2 Å². The molecule has 0 aliphatic rings. The van der Waals surface area contributed by atoms with Gasteiger partial charge in [-0.2, -0.15) is 0 Å². The van der Waals surface area contributed by atoms with E-state index in [4.69, 9.17) is 9.15 Å². The van der Waals surface area contributed by atoms with E-state index in [1.54, 1.807) is 20.3 Å². The molecule has 1 N–H and O–H groups in total. The average Bonchev–Trinajstić information content (AvgIpc) is 2.53. The predicted octanol–water partition coefficient (Wildman–Crippen LogP) is 1.66. The van der Waals surface area contributed by atoms with Crippen molar-refractivity contribution in [2.75, 3.05) is 20.3 Å². The summed E-state index contributed by atoms with van der Waals surface area (Å²) < 4.78 is 10.1. The van der Waals surface area contributed by atoms with Crippen LogP contribution >= 0.6 is 0 Å². The Bertz CT molecular complexity index is 311. The summed E-state index contributed by atoms with van der Waals surface area (Å²) in [6.07, 6.45) is 2.41. The van der Waals surface area contributed by atoms with Crippen molar-refractivity contribution < 1.29 is 13.9 Å². The topological polar surface area (TPSA) is 51.5 Å². The lowest BCUT2D eigenvalue weighted by molar-refractivity contribution is 0.0946. The van der Waals surface area contributed by atoms with Crippen LogP contribution in [0.1, 0.15) is 28.1 Å². The van der Waals surface area contributed by atoms with Crippen molar-refractivity contribution in [3.63, 3.8) is 0 Å². The monoisotopic (exact) mass is 211 g/mol. The second-order valence-electron chi connectivity index (χ2n) is 3.45. The van der Waals surface area contributed by atoms with Crippen molar-refractivity contribution in [2.24, 2.45) is 0 Å². The maximum Gasteiger partial charge on any atom is 0.255 e. The van der Waals surface area contributed by atoms with Gasteiger partial charge in [0.25, 0.3) is 5.91 Å². The zero-order chi connectivity index (χ0) is 11.3. The molecule has 0 aliphatic heterocycles. The number of furan rings is 1. The van der Waals surface area contributed by atoms with Gasteiger partial charge in [0.2, 0.25) is 0 Å². The molecule has 1 rings (SSSR count). The van der Waals surface area contributed by atoms with Crippen LogP contribution < -0.4 is 5.32 Å². The van der Waals surface area contributed by atoms with Crippen LogP contribution in [0.2, 0.25) is 0 Å². The molecule has 84 valence electrons. The van der Waals surface area contributed by atoms with E-state index in [1.807, 2.05) is 6.92 Å². The van der Waals surface area contributed by atoms with E-state index >= 15 is 0 Å². The molecule has 0 radical (unpaired) electrons. The highest BCUT2D eigenvalue weighted by atomic mass is 16.5. The van der Waals surface area contributed by atoms with Crippen LogP contribution in [-0.4, -0.2) is 26.2 Å². The van der Waals surface area contributed by atoms with Crippen LogP contribution in [0.25, 0.3) is 0 Å². The summed E-state index contributed by atoms with van der Waals surface area (Å²) in [6.45, 7) is 4.93. The standard InChI is InChI=1S/C11H17NO3/c1-8-7-15-9(2)10(8)11(13)12-5-4-6-14-3/h7H,4-6H2,1-3H3,(H,12,13). The fraction of sp³-hybridized carbons (Fsp3) is 0.545. The summed E-state index contributed by atoms with van der Waals surface area (Å²) in [5.74, 6) is 0.589. The Morgan fingerprint density at radius 3 is 2.80 bits per heavy atom. The molecule has 4 heteroatoms. The van der Waals surface area contributed by atoms with Crippen molar-refractivity contribution in [3.8, 4) is 0 Å². The number of amides is 1. The van der Waals surface area contributed by atoms with E-state index < -0.39 is 0 Å². The molecular formula is C11H17NO3. The Morgan fingerprint density at radius 2 is 2.27 bits per heavy atom. The van der Waals surface area contributed by atoms with Gasteiger partial charge in [0.1, 0.15) is 5.76 Å². The number of carbonyl (C=O) groups excluding carboxylic acids is 1. The van der Waals surface area contributed by atoms with E-state index in [-0.39, 0.29) is 5.91 Å². The lowest BCUT2D eigenvalue weighted by Gasteiger charge is -2.04. The fourth-order valence-corrected chi connectivity index (χ4v) is 1.42. The van der Waals surface area contributed by atoms with Gasteiger partial charge in [0.15, 0.2) is 0 Å². The zero-order valence-corrected chi connectivity index (χ0v) is 9.42. The highest BCUT2D eigenvalue weighted by Crippen LogP contribution is 2.14. The molecule has 1 amide bonds. The molecule has 0 atom stereocenters. The summed E-state index contributed by atoms with van der Waals surface area (Å²) in [5.41, 5.74) is 1.52. The van der Waals surface area contributed by atoms with Gasteiger partial charge in [-0.15, -0.1) is 0 Å². The van der Waals surface area contributed by atoms with Gasteiger partial charge in [-0.05, 0) is 20.3 Å². The largest absolute Gasteiger partial charge is 0.469 e. The Labute approximate surface area is 89.6 Å². The van der Waals surface area contributed by atoms with Crippen LogP contribution in [0.5, 0.6) is 0 Å². The molecule has 0 saturated heterocycles. The van der Waals surface area contributed by atoms with Crippen LogP contribution in [0.4, 0.5) is 0 Å². The highest BCUT2D eigenvalue weighted by molar-refractivity contribution is 5.96. The second-order valence-corrected chi connectivity index (χ2v) is 3.45. The number of methoxy groups -OCH3 is 1. The summed E-state index contributed by atoms with van der Waals surface area (Å²) >= 11 is 0. The van der Waals surface area contributed by atoms with Crippen molar-refractivity contribution in [1.29, 1.82) is 0 Å². The normalized spacial score (nSPS) is 10.3. The molecule has 0 fully saturated rings. The van der Waals surface area contributed by atoms with Crippen LogP contribution in [0.15, 0.2) is 10.7 Å². The quantitative estimate of drug-likeness (QED) is 0.753. The van der Waals surface area contributed by atoms with E-state index in [9.17, 15) is 4.79 Å². The van der Waals surface area contributed by atoms with Crippen LogP contribution in [-0.2, 0) is 4.74 Å². The Morgan fingerprint density at radius 1 is 1.53 bits per heavy atom. The maximum atomic E-state index is 11.7. The number of carbonyl (C=O) groups is 1. The molecular weight excluding hydrogens is 194 g/mol. The second kappa shape index (κ2) is 5.56. The number of nitrogens with one attached hydrogen (secondary N) is 1. The Balaban J connectivity index is 2.47. The first-order chi connectivity index (χ1) is 7.16. The van der Waals surface area contributed by atoms with Gasteiger partial charge < -0.3 is 14.5 Å². The van der Waals surface area contributed by atoms with Gasteiger partial charge in [0.05, 0.1) is 11.8 Å². The number of rotatable bonds is 5. The van der Waals surface area contributed by atoms with Gasteiger partial charge in [-0.3, -0.25) is 4.79 Å². The van der Waals surface area contributed by atoms with Gasteiger partial charge in [-0.1, -0.05) is 0 Å². The number of hydrogen-bond donors (Lipinski definition) is 1. The maximum absolute atomic E-state index is 11.7. The molecule has 0 bridgehead atoms. The first-order valence-corrected chi connectivity index (χ1v) is 4.98. The minimum absolute atomic E-state index is 0.0742. The van der Waals surface area contributed by atoms with Gasteiger partial charge in [0, 0.05) is 25.8 Å². The first kappa shape index (κ1) is 11.8. The molecule has 0 aliphatic carbocycles. The van der Waals surface area contributed by atoms with Crippen LogP contribution in [0.3, 0.4) is 0 Å².